The predicted molar refractivity (Wildman–Crippen MR) is 66.5 cm³/mol. The van der Waals surface area contributed by atoms with Crippen LogP contribution in [0.5, 0.6) is 5.75 Å². The number of rotatable bonds is 4. The quantitative estimate of drug-likeness (QED) is 0.832. The molecule has 0 fully saturated rings. The second kappa shape index (κ2) is 4.73. The van der Waals surface area contributed by atoms with Crippen LogP contribution in [0, 0.1) is 0 Å². The van der Waals surface area contributed by atoms with E-state index >= 15 is 0 Å². The molecule has 0 radical (unpaired) electrons. The molecule has 0 bridgehead atoms. The Balaban J connectivity index is 2.31. The molecule has 2 rings (SSSR count). The number of anilines is 2. The van der Waals surface area contributed by atoms with Gasteiger partial charge in [0, 0.05) is 6.54 Å². The molecule has 1 aromatic carbocycles. The maximum atomic E-state index is 5.79. The highest BCUT2D eigenvalue weighted by atomic mass is 16.5. The fourth-order valence-corrected chi connectivity index (χ4v) is 1.47. The summed E-state index contributed by atoms with van der Waals surface area (Å²) in [4.78, 5) is 4.11. The Morgan fingerprint density at radius 3 is 2.65 bits per heavy atom. The summed E-state index contributed by atoms with van der Waals surface area (Å²) in [5.41, 5.74) is 6.64. The van der Waals surface area contributed by atoms with Gasteiger partial charge >= 0.3 is 0 Å². The number of benzene rings is 1. The SMILES string of the molecule is CCNc1nc(N)n(-c2ccc(OC)cc2)n1. The van der Waals surface area contributed by atoms with E-state index in [-0.39, 0.29) is 0 Å². The molecule has 1 heterocycles. The zero-order valence-electron chi connectivity index (χ0n) is 9.84. The molecule has 0 amide bonds. The number of nitrogens with two attached hydrogens (primary N) is 1. The number of nitrogen functional groups attached to an aromatic ring is 1. The van der Waals surface area contributed by atoms with Gasteiger partial charge in [-0.15, -0.1) is 5.10 Å². The molecule has 2 aromatic rings. The minimum Gasteiger partial charge on any atom is -0.497 e. The van der Waals surface area contributed by atoms with Gasteiger partial charge in [-0.1, -0.05) is 0 Å². The minimum atomic E-state index is 0.353. The molecule has 0 unspecified atom stereocenters. The first-order valence-corrected chi connectivity index (χ1v) is 5.35. The van der Waals surface area contributed by atoms with E-state index in [0.29, 0.717) is 11.9 Å². The second-order valence-electron chi connectivity index (χ2n) is 3.43. The van der Waals surface area contributed by atoms with Crippen molar-refractivity contribution in [3.8, 4) is 11.4 Å². The molecular formula is C11H15N5O. The molecule has 17 heavy (non-hydrogen) atoms. The highest BCUT2D eigenvalue weighted by molar-refractivity contribution is 5.43. The highest BCUT2D eigenvalue weighted by Gasteiger charge is 2.07. The van der Waals surface area contributed by atoms with Crippen molar-refractivity contribution in [1.29, 1.82) is 0 Å². The van der Waals surface area contributed by atoms with Gasteiger partial charge < -0.3 is 15.8 Å². The average Bonchev–Trinajstić information content (AvgIpc) is 2.71. The monoisotopic (exact) mass is 233 g/mol. The van der Waals surface area contributed by atoms with Crippen molar-refractivity contribution in [2.75, 3.05) is 24.7 Å². The number of aromatic nitrogens is 3. The molecule has 6 nitrogen and oxygen atoms in total. The van der Waals surface area contributed by atoms with Crippen LogP contribution in [-0.2, 0) is 0 Å². The summed E-state index contributed by atoms with van der Waals surface area (Å²) in [7, 11) is 1.63. The summed E-state index contributed by atoms with van der Waals surface area (Å²) < 4.78 is 6.67. The first-order chi connectivity index (χ1) is 8.24. The smallest absolute Gasteiger partial charge is 0.244 e. The van der Waals surface area contributed by atoms with Crippen molar-refractivity contribution in [2.45, 2.75) is 6.92 Å². The van der Waals surface area contributed by atoms with E-state index in [9.17, 15) is 0 Å². The first kappa shape index (κ1) is 11.3. The number of nitrogens with zero attached hydrogens (tertiary/aromatic N) is 3. The van der Waals surface area contributed by atoms with E-state index in [0.717, 1.165) is 18.0 Å². The summed E-state index contributed by atoms with van der Waals surface area (Å²) >= 11 is 0. The molecule has 3 N–H and O–H groups in total. The lowest BCUT2D eigenvalue weighted by molar-refractivity contribution is 0.414. The zero-order valence-corrected chi connectivity index (χ0v) is 9.84. The van der Waals surface area contributed by atoms with Crippen molar-refractivity contribution in [2.24, 2.45) is 0 Å². The Morgan fingerprint density at radius 1 is 1.35 bits per heavy atom. The lowest BCUT2D eigenvalue weighted by Gasteiger charge is -2.03. The Kier molecular flexibility index (Phi) is 3.13. The summed E-state index contributed by atoms with van der Waals surface area (Å²) in [6, 6.07) is 7.45. The van der Waals surface area contributed by atoms with Crippen molar-refractivity contribution < 1.29 is 4.74 Å². The molecule has 0 spiro atoms. The molecule has 90 valence electrons. The second-order valence-corrected chi connectivity index (χ2v) is 3.43. The Labute approximate surface area is 99.4 Å². The van der Waals surface area contributed by atoms with Crippen LogP contribution in [0.15, 0.2) is 24.3 Å². The van der Waals surface area contributed by atoms with Crippen LogP contribution in [0.25, 0.3) is 5.69 Å². The van der Waals surface area contributed by atoms with Crippen molar-refractivity contribution in [1.82, 2.24) is 14.8 Å². The van der Waals surface area contributed by atoms with E-state index in [2.05, 4.69) is 15.4 Å². The Morgan fingerprint density at radius 2 is 2.06 bits per heavy atom. The standard InChI is InChI=1S/C11H15N5O/c1-3-13-11-14-10(12)16(15-11)8-4-6-9(17-2)7-5-8/h4-7H,3H2,1-2H3,(H3,12,13,14,15). The van der Waals surface area contributed by atoms with Crippen LogP contribution in [0.4, 0.5) is 11.9 Å². The lowest BCUT2D eigenvalue weighted by atomic mass is 10.3. The van der Waals surface area contributed by atoms with Crippen molar-refractivity contribution in [3.05, 3.63) is 24.3 Å². The summed E-state index contributed by atoms with van der Waals surface area (Å²) in [5.74, 6) is 1.67. The Bertz CT molecular complexity index is 491. The Hall–Kier alpha value is -2.24. The number of methoxy groups -OCH3 is 1. The highest BCUT2D eigenvalue weighted by Crippen LogP contribution is 2.17. The molecule has 0 saturated carbocycles. The molecular weight excluding hydrogens is 218 g/mol. The van der Waals surface area contributed by atoms with Gasteiger partial charge in [-0.2, -0.15) is 9.67 Å². The number of hydrogen-bond acceptors (Lipinski definition) is 5. The van der Waals surface area contributed by atoms with Gasteiger partial charge in [0.15, 0.2) is 0 Å². The summed E-state index contributed by atoms with van der Waals surface area (Å²) in [6.45, 7) is 2.73. The number of ether oxygens (including phenoxy) is 1. The van der Waals surface area contributed by atoms with E-state index in [1.807, 2.05) is 31.2 Å². The summed E-state index contributed by atoms with van der Waals surface area (Å²) in [6.07, 6.45) is 0. The van der Waals surface area contributed by atoms with Crippen molar-refractivity contribution >= 4 is 11.9 Å². The molecule has 0 aliphatic heterocycles. The lowest BCUT2D eigenvalue weighted by Crippen LogP contribution is -2.02. The third-order valence-electron chi connectivity index (χ3n) is 2.28. The van der Waals surface area contributed by atoms with Gasteiger partial charge in [0.1, 0.15) is 5.75 Å². The molecule has 6 heteroatoms. The van der Waals surface area contributed by atoms with Gasteiger partial charge in [-0.3, -0.25) is 0 Å². The van der Waals surface area contributed by atoms with Gasteiger partial charge in [0.25, 0.3) is 0 Å². The average molecular weight is 233 g/mol. The van der Waals surface area contributed by atoms with Crippen LogP contribution in [0.3, 0.4) is 0 Å². The van der Waals surface area contributed by atoms with Crippen LogP contribution >= 0.6 is 0 Å². The maximum absolute atomic E-state index is 5.79. The predicted octanol–water partition coefficient (Wildman–Crippen LogP) is 1.29. The van der Waals surface area contributed by atoms with Gasteiger partial charge in [0.05, 0.1) is 12.8 Å². The van der Waals surface area contributed by atoms with Gasteiger partial charge in [-0.05, 0) is 31.2 Å². The van der Waals surface area contributed by atoms with E-state index in [1.165, 1.54) is 0 Å². The third-order valence-corrected chi connectivity index (χ3v) is 2.28. The van der Waals surface area contributed by atoms with E-state index in [1.54, 1.807) is 11.8 Å². The molecule has 0 aliphatic carbocycles. The first-order valence-electron chi connectivity index (χ1n) is 5.35. The van der Waals surface area contributed by atoms with Crippen LogP contribution < -0.4 is 15.8 Å². The van der Waals surface area contributed by atoms with Crippen LogP contribution in [0.2, 0.25) is 0 Å². The topological polar surface area (TPSA) is 78.0 Å². The van der Waals surface area contributed by atoms with Crippen LogP contribution in [-0.4, -0.2) is 28.4 Å². The minimum absolute atomic E-state index is 0.353. The summed E-state index contributed by atoms with van der Waals surface area (Å²) in [5, 5.41) is 7.27. The van der Waals surface area contributed by atoms with E-state index < -0.39 is 0 Å². The number of nitrogens with one attached hydrogen (secondary N) is 1. The maximum Gasteiger partial charge on any atom is 0.244 e. The van der Waals surface area contributed by atoms with Crippen LogP contribution in [0.1, 0.15) is 6.92 Å². The fourth-order valence-electron chi connectivity index (χ4n) is 1.47. The zero-order chi connectivity index (χ0) is 12.3. The molecule has 0 aliphatic rings. The molecule has 0 atom stereocenters. The normalized spacial score (nSPS) is 10.2. The third kappa shape index (κ3) is 2.30. The van der Waals surface area contributed by atoms with E-state index in [4.69, 9.17) is 10.5 Å². The van der Waals surface area contributed by atoms with Crippen molar-refractivity contribution in [3.63, 3.8) is 0 Å². The number of hydrogen-bond donors (Lipinski definition) is 2. The molecule has 1 aromatic heterocycles. The van der Waals surface area contributed by atoms with Gasteiger partial charge in [-0.25, -0.2) is 0 Å². The van der Waals surface area contributed by atoms with Gasteiger partial charge in [0.2, 0.25) is 11.9 Å². The fraction of sp³-hybridized carbons (Fsp3) is 0.273. The largest absolute Gasteiger partial charge is 0.497 e. The molecule has 0 saturated heterocycles.